The Balaban J connectivity index is 1.69. The van der Waals surface area contributed by atoms with Crippen LogP contribution in [0.5, 0.6) is 5.75 Å². The fraction of sp³-hybridized carbons (Fsp3) is 0.310. The number of benzene rings is 2. The van der Waals surface area contributed by atoms with Crippen LogP contribution in [-0.4, -0.2) is 37.0 Å². The number of hydrogen-bond donors (Lipinski definition) is 2. The van der Waals surface area contributed by atoms with E-state index in [1.165, 1.54) is 6.08 Å². The topological polar surface area (TPSA) is 92.9 Å². The van der Waals surface area contributed by atoms with Gasteiger partial charge in [-0.2, -0.15) is 0 Å². The van der Waals surface area contributed by atoms with Gasteiger partial charge in [-0.1, -0.05) is 44.2 Å². The van der Waals surface area contributed by atoms with Crippen molar-refractivity contribution >= 4 is 29.6 Å². The number of carbonyl (C=O) groups excluding carboxylic acids is 2. The van der Waals surface area contributed by atoms with Gasteiger partial charge in [0.2, 0.25) is 0 Å². The van der Waals surface area contributed by atoms with Gasteiger partial charge in [0.1, 0.15) is 17.6 Å². The number of ether oxygens (including phenoxy) is 1. The number of esters is 1. The Labute approximate surface area is 207 Å². The summed E-state index contributed by atoms with van der Waals surface area (Å²) in [6.07, 6.45) is 7.16. The highest BCUT2D eigenvalue weighted by molar-refractivity contribution is 6.07. The monoisotopic (exact) mass is 474 g/mol. The Morgan fingerprint density at radius 1 is 1.00 bits per heavy atom. The van der Waals surface area contributed by atoms with E-state index in [2.05, 4.69) is 0 Å². The zero-order chi connectivity index (χ0) is 25.5. The third-order valence-electron chi connectivity index (χ3n) is 6.03. The Hall–Kier alpha value is -3.64. The Kier molecular flexibility index (Phi) is 8.66. The van der Waals surface area contributed by atoms with Gasteiger partial charge in [-0.3, -0.25) is 4.79 Å². The molecular weight excluding hydrogens is 440 g/mol. The van der Waals surface area contributed by atoms with Gasteiger partial charge in [0.05, 0.1) is 0 Å². The van der Waals surface area contributed by atoms with E-state index in [0.717, 1.165) is 35.2 Å². The van der Waals surface area contributed by atoms with Crippen molar-refractivity contribution in [3.8, 4) is 5.75 Å². The minimum atomic E-state index is -0.681. The number of aliphatic hydroxyl groups excluding tert-OH is 1. The highest BCUT2D eigenvalue weighted by Gasteiger charge is 2.21. The van der Waals surface area contributed by atoms with Crippen molar-refractivity contribution in [3.63, 3.8) is 0 Å². The predicted molar refractivity (Wildman–Crippen MR) is 141 cm³/mol. The Bertz CT molecular complexity index is 1140. The smallest absolute Gasteiger partial charge is 0.328 e. The van der Waals surface area contributed by atoms with Crippen molar-refractivity contribution in [2.45, 2.75) is 39.2 Å². The van der Waals surface area contributed by atoms with E-state index in [-0.39, 0.29) is 17.5 Å². The average Bonchev–Trinajstić information content (AvgIpc) is 2.84. The molecule has 35 heavy (non-hydrogen) atoms. The van der Waals surface area contributed by atoms with Crippen LogP contribution >= 0.6 is 0 Å². The molecule has 1 unspecified atom stereocenters. The number of hydrogen-bond acceptors (Lipinski definition) is 6. The lowest BCUT2D eigenvalue weighted by Gasteiger charge is -2.18. The molecule has 184 valence electrons. The second-order valence-corrected chi connectivity index (χ2v) is 9.29. The lowest BCUT2D eigenvalue weighted by atomic mass is 9.89. The molecule has 0 heterocycles. The molecule has 0 fully saturated rings. The molecule has 0 spiro atoms. The minimum absolute atomic E-state index is 0.0137. The maximum Gasteiger partial charge on any atom is 0.328 e. The lowest BCUT2D eigenvalue weighted by Crippen LogP contribution is -2.38. The van der Waals surface area contributed by atoms with Gasteiger partial charge in [-0.15, -0.1) is 0 Å². The number of nitrogens with zero attached hydrogens (tertiary/aromatic N) is 1. The van der Waals surface area contributed by atoms with Crippen LogP contribution < -0.4 is 15.4 Å². The largest absolute Gasteiger partial charge is 0.507 e. The molecule has 2 aromatic carbocycles. The first kappa shape index (κ1) is 26.0. The van der Waals surface area contributed by atoms with E-state index in [1.54, 1.807) is 30.3 Å². The third kappa shape index (κ3) is 6.93. The molecule has 1 atom stereocenters. The summed E-state index contributed by atoms with van der Waals surface area (Å²) < 4.78 is 5.30. The summed E-state index contributed by atoms with van der Waals surface area (Å²) in [5, 5.41) is 10.8. The van der Waals surface area contributed by atoms with Gasteiger partial charge in [0, 0.05) is 25.4 Å². The average molecular weight is 475 g/mol. The lowest BCUT2D eigenvalue weighted by molar-refractivity contribution is -0.136. The predicted octanol–water partition coefficient (Wildman–Crippen LogP) is 5.30. The molecule has 6 nitrogen and oxygen atoms in total. The number of allylic oxidation sites excluding steroid dienone is 3. The molecule has 0 aliphatic heterocycles. The fourth-order valence-corrected chi connectivity index (χ4v) is 3.71. The molecule has 0 saturated heterocycles. The fourth-order valence-electron chi connectivity index (χ4n) is 3.71. The zero-order valence-corrected chi connectivity index (χ0v) is 20.8. The summed E-state index contributed by atoms with van der Waals surface area (Å²) in [5.74, 6) is -0.229. The highest BCUT2D eigenvalue weighted by atomic mass is 16.5. The van der Waals surface area contributed by atoms with E-state index < -0.39 is 12.0 Å². The maximum absolute atomic E-state index is 12.8. The summed E-state index contributed by atoms with van der Waals surface area (Å²) >= 11 is 0. The summed E-state index contributed by atoms with van der Waals surface area (Å²) in [6, 6.07) is 14.2. The summed E-state index contributed by atoms with van der Waals surface area (Å²) in [5.41, 5.74) is 9.88. The van der Waals surface area contributed by atoms with Crippen LogP contribution in [-0.2, 0) is 9.59 Å². The number of rotatable bonds is 8. The van der Waals surface area contributed by atoms with Gasteiger partial charge in [0.15, 0.2) is 5.78 Å². The van der Waals surface area contributed by atoms with E-state index >= 15 is 0 Å². The third-order valence-corrected chi connectivity index (χ3v) is 6.03. The van der Waals surface area contributed by atoms with E-state index in [0.29, 0.717) is 17.7 Å². The van der Waals surface area contributed by atoms with E-state index in [9.17, 15) is 14.7 Å². The van der Waals surface area contributed by atoms with Gasteiger partial charge in [0.25, 0.3) is 0 Å². The van der Waals surface area contributed by atoms with Crippen molar-refractivity contribution in [3.05, 3.63) is 82.6 Å². The first-order chi connectivity index (χ1) is 16.7. The second kappa shape index (κ2) is 11.7. The van der Waals surface area contributed by atoms with Crippen LogP contribution in [0.1, 0.15) is 44.2 Å². The van der Waals surface area contributed by atoms with Gasteiger partial charge in [-0.25, -0.2) is 4.79 Å². The number of carbonyl (C=O) groups is 2. The molecule has 3 rings (SSSR count). The molecule has 0 saturated carbocycles. The van der Waals surface area contributed by atoms with Crippen LogP contribution in [0.2, 0.25) is 0 Å². The number of nitrogens with two attached hydrogens (primary N) is 1. The molecule has 0 radical (unpaired) electrons. The Morgan fingerprint density at radius 3 is 2.23 bits per heavy atom. The van der Waals surface area contributed by atoms with Crippen molar-refractivity contribution in [2.24, 2.45) is 11.7 Å². The van der Waals surface area contributed by atoms with Crippen LogP contribution in [0.4, 0.5) is 5.69 Å². The van der Waals surface area contributed by atoms with Crippen molar-refractivity contribution in [1.82, 2.24) is 0 Å². The molecule has 6 heteroatoms. The maximum atomic E-state index is 12.8. The van der Waals surface area contributed by atoms with Crippen molar-refractivity contribution < 1.29 is 19.4 Å². The van der Waals surface area contributed by atoms with Crippen molar-refractivity contribution in [1.29, 1.82) is 0 Å². The molecule has 2 aromatic rings. The summed E-state index contributed by atoms with van der Waals surface area (Å²) in [4.78, 5) is 26.9. The van der Waals surface area contributed by atoms with Gasteiger partial charge in [-0.05, 0) is 78.3 Å². The standard InChI is InChI=1S/C29H34N2O4/c1-19(2)27(30)29(34)35-24-15-10-20(11-16-24)12-17-26(32)25-7-5-6-22(28(25)33)18-21-8-13-23(14-9-21)31(3)4/h8-19,27,33H,5-7,30H2,1-4H3/b17-12+,22-18+. The zero-order valence-electron chi connectivity index (χ0n) is 20.8. The molecule has 0 aromatic heterocycles. The first-order valence-corrected chi connectivity index (χ1v) is 11.9. The van der Waals surface area contributed by atoms with Crippen molar-refractivity contribution in [2.75, 3.05) is 19.0 Å². The van der Waals surface area contributed by atoms with Gasteiger partial charge >= 0.3 is 5.97 Å². The van der Waals surface area contributed by atoms with E-state index in [1.807, 2.05) is 63.2 Å². The van der Waals surface area contributed by atoms with Crippen LogP contribution in [0.25, 0.3) is 12.2 Å². The summed E-state index contributed by atoms with van der Waals surface area (Å²) in [7, 11) is 3.98. The molecule has 1 aliphatic carbocycles. The van der Waals surface area contributed by atoms with E-state index in [4.69, 9.17) is 10.5 Å². The normalized spacial score (nSPS) is 16.1. The Morgan fingerprint density at radius 2 is 1.63 bits per heavy atom. The molecular formula is C29H34N2O4. The number of anilines is 1. The van der Waals surface area contributed by atoms with Crippen LogP contribution in [0.3, 0.4) is 0 Å². The van der Waals surface area contributed by atoms with Gasteiger partial charge < -0.3 is 20.5 Å². The SMILES string of the molecule is CC(C)C(N)C(=O)Oc1ccc(/C=C/C(=O)C2=C(O)/C(=C/c3ccc(N(C)C)cc3)CCC2)cc1. The number of ketones is 1. The van der Waals surface area contributed by atoms with Crippen LogP contribution in [0.15, 0.2) is 71.5 Å². The quantitative estimate of drug-likeness (QED) is 0.306. The highest BCUT2D eigenvalue weighted by Crippen LogP contribution is 2.31. The molecule has 3 N–H and O–H groups in total. The minimum Gasteiger partial charge on any atom is -0.507 e. The summed E-state index contributed by atoms with van der Waals surface area (Å²) in [6.45, 7) is 3.72. The van der Waals surface area contributed by atoms with Crippen LogP contribution in [0, 0.1) is 5.92 Å². The first-order valence-electron chi connectivity index (χ1n) is 11.9. The molecule has 0 bridgehead atoms. The molecule has 0 amide bonds. The molecule has 1 aliphatic rings. The number of aliphatic hydroxyl groups is 1. The second-order valence-electron chi connectivity index (χ2n) is 9.29.